The highest BCUT2D eigenvalue weighted by atomic mass is 16.4. The first-order chi connectivity index (χ1) is 16.0. The average Bonchev–Trinajstić information content (AvgIpc) is 3.32. The van der Waals surface area contributed by atoms with E-state index in [0.717, 1.165) is 18.9 Å². The molecule has 2 fully saturated rings. The Morgan fingerprint density at radius 2 is 1.73 bits per heavy atom. The number of hydrogen-bond donors (Lipinski definition) is 3. The van der Waals surface area contributed by atoms with E-state index < -0.39 is 11.9 Å². The molecule has 0 radical (unpaired) electrons. The molecule has 2 aliphatic rings. The molecule has 0 spiro atoms. The maximum Gasteiger partial charge on any atom is 0.328 e. The van der Waals surface area contributed by atoms with Crippen LogP contribution in [0.15, 0.2) is 59.2 Å². The van der Waals surface area contributed by atoms with E-state index in [1.165, 1.54) is 74.8 Å². The van der Waals surface area contributed by atoms with Crippen molar-refractivity contribution in [1.29, 1.82) is 0 Å². The third-order valence-electron chi connectivity index (χ3n) is 6.00. The zero-order chi connectivity index (χ0) is 23.9. The van der Waals surface area contributed by atoms with E-state index in [-0.39, 0.29) is 0 Å². The molecule has 3 rings (SSSR count). The van der Waals surface area contributed by atoms with Crippen LogP contribution in [0.25, 0.3) is 0 Å². The third-order valence-corrected chi connectivity index (χ3v) is 6.00. The van der Waals surface area contributed by atoms with Crippen LogP contribution in [-0.4, -0.2) is 40.4 Å². The second kappa shape index (κ2) is 15.0. The number of nitrogens with zero attached hydrogens (tertiary/aromatic N) is 1. The monoisotopic (exact) mass is 454 g/mol. The number of aliphatic carboxylic acids is 2. The predicted molar refractivity (Wildman–Crippen MR) is 133 cm³/mol. The van der Waals surface area contributed by atoms with E-state index in [9.17, 15) is 9.59 Å². The first kappa shape index (κ1) is 26.4. The molecule has 0 bridgehead atoms. The van der Waals surface area contributed by atoms with Crippen molar-refractivity contribution in [3.8, 4) is 0 Å². The fraction of sp³-hybridized carbons (Fsp3) is 0.519. The molecule has 0 amide bonds. The number of benzene rings is 1. The largest absolute Gasteiger partial charge is 0.478 e. The van der Waals surface area contributed by atoms with Gasteiger partial charge in [-0.1, -0.05) is 75.8 Å². The topological polar surface area (TPSA) is 99.0 Å². The number of carbonyl (C=O) groups is 2. The average molecular weight is 455 g/mol. The molecular formula is C27H38N2O4. The lowest BCUT2D eigenvalue weighted by atomic mass is 9.84. The minimum atomic E-state index is -1.26. The van der Waals surface area contributed by atoms with Gasteiger partial charge < -0.3 is 15.5 Å². The quantitative estimate of drug-likeness (QED) is 0.333. The molecule has 1 heterocycles. The first-order valence-corrected chi connectivity index (χ1v) is 12.2. The van der Waals surface area contributed by atoms with E-state index in [1.807, 2.05) is 0 Å². The van der Waals surface area contributed by atoms with Gasteiger partial charge in [0, 0.05) is 24.4 Å². The second-order valence-electron chi connectivity index (χ2n) is 8.77. The lowest BCUT2D eigenvalue weighted by molar-refractivity contribution is -0.134. The highest BCUT2D eigenvalue weighted by Crippen LogP contribution is 2.29. The Morgan fingerprint density at radius 1 is 1.06 bits per heavy atom. The summed E-state index contributed by atoms with van der Waals surface area (Å²) in [7, 11) is 0. The van der Waals surface area contributed by atoms with Crippen molar-refractivity contribution in [2.24, 2.45) is 10.9 Å². The molecule has 1 saturated heterocycles. The Labute approximate surface area is 197 Å². The Hall–Kier alpha value is -2.89. The molecule has 1 unspecified atom stereocenters. The summed E-state index contributed by atoms with van der Waals surface area (Å²) in [5, 5.41) is 19.1. The SMILES string of the molecule is CCCC(CC1CCCCC1)N=C(C=C1CCCN1)c1ccccc1.O=C(O)/C=C/C(=O)O. The second-order valence-corrected chi connectivity index (χ2v) is 8.77. The van der Waals surface area contributed by atoms with Gasteiger partial charge in [0.05, 0.1) is 11.8 Å². The molecule has 33 heavy (non-hydrogen) atoms. The van der Waals surface area contributed by atoms with Gasteiger partial charge in [-0.25, -0.2) is 9.59 Å². The maximum absolute atomic E-state index is 9.55. The van der Waals surface area contributed by atoms with Crippen LogP contribution in [0, 0.1) is 5.92 Å². The summed E-state index contributed by atoms with van der Waals surface area (Å²) in [4.78, 5) is 24.4. The molecule has 3 N–H and O–H groups in total. The van der Waals surface area contributed by atoms with Gasteiger partial charge in [0.15, 0.2) is 0 Å². The van der Waals surface area contributed by atoms with Crippen LogP contribution in [0.1, 0.15) is 76.7 Å². The summed E-state index contributed by atoms with van der Waals surface area (Å²) in [5.41, 5.74) is 3.79. The number of rotatable bonds is 9. The van der Waals surface area contributed by atoms with E-state index in [0.29, 0.717) is 18.2 Å². The Kier molecular flexibility index (Phi) is 12.0. The van der Waals surface area contributed by atoms with Crippen LogP contribution in [-0.2, 0) is 9.59 Å². The fourth-order valence-corrected chi connectivity index (χ4v) is 4.42. The molecule has 1 aliphatic carbocycles. The van der Waals surface area contributed by atoms with E-state index in [1.54, 1.807) is 0 Å². The Morgan fingerprint density at radius 3 is 2.27 bits per heavy atom. The Bertz CT molecular complexity index is 800. The number of allylic oxidation sites excluding steroid dienone is 2. The summed E-state index contributed by atoms with van der Waals surface area (Å²) in [6.07, 6.45) is 16.7. The summed E-state index contributed by atoms with van der Waals surface area (Å²) >= 11 is 0. The van der Waals surface area contributed by atoms with Crippen molar-refractivity contribution in [3.05, 3.63) is 59.8 Å². The first-order valence-electron chi connectivity index (χ1n) is 12.2. The lowest BCUT2D eigenvalue weighted by Crippen LogP contribution is -2.17. The number of nitrogens with one attached hydrogen (secondary N) is 1. The zero-order valence-electron chi connectivity index (χ0n) is 19.7. The van der Waals surface area contributed by atoms with Crippen LogP contribution < -0.4 is 5.32 Å². The van der Waals surface area contributed by atoms with Gasteiger partial charge in [-0.2, -0.15) is 0 Å². The van der Waals surface area contributed by atoms with Crippen molar-refractivity contribution < 1.29 is 19.8 Å². The smallest absolute Gasteiger partial charge is 0.328 e. The van der Waals surface area contributed by atoms with Crippen molar-refractivity contribution in [3.63, 3.8) is 0 Å². The minimum Gasteiger partial charge on any atom is -0.478 e. The van der Waals surface area contributed by atoms with E-state index in [2.05, 4.69) is 48.6 Å². The number of aliphatic imine (C=N–C) groups is 1. The molecule has 1 aromatic carbocycles. The highest BCUT2D eigenvalue weighted by Gasteiger charge is 2.19. The lowest BCUT2D eigenvalue weighted by Gasteiger charge is -2.25. The molecule has 1 aliphatic heterocycles. The van der Waals surface area contributed by atoms with Crippen molar-refractivity contribution in [1.82, 2.24) is 5.32 Å². The highest BCUT2D eigenvalue weighted by molar-refractivity contribution is 6.09. The van der Waals surface area contributed by atoms with Crippen LogP contribution >= 0.6 is 0 Å². The van der Waals surface area contributed by atoms with Crippen LogP contribution in [0.2, 0.25) is 0 Å². The Balaban J connectivity index is 0.000000414. The molecule has 1 atom stereocenters. The molecule has 180 valence electrons. The number of hydrogen-bond acceptors (Lipinski definition) is 4. The number of carboxylic acids is 2. The van der Waals surface area contributed by atoms with Crippen molar-refractivity contribution in [2.45, 2.75) is 77.2 Å². The van der Waals surface area contributed by atoms with Gasteiger partial charge in [0.25, 0.3) is 0 Å². The van der Waals surface area contributed by atoms with Gasteiger partial charge >= 0.3 is 11.9 Å². The zero-order valence-corrected chi connectivity index (χ0v) is 19.7. The van der Waals surface area contributed by atoms with Gasteiger partial charge in [-0.15, -0.1) is 0 Å². The molecule has 6 heteroatoms. The molecule has 1 aromatic rings. The third kappa shape index (κ3) is 11.0. The normalized spacial score (nSPS) is 19.1. The summed E-state index contributed by atoms with van der Waals surface area (Å²) in [6, 6.07) is 11.2. The van der Waals surface area contributed by atoms with Gasteiger partial charge in [-0.3, -0.25) is 4.99 Å². The van der Waals surface area contributed by atoms with Gasteiger partial charge in [0.2, 0.25) is 0 Å². The molecule has 0 aromatic heterocycles. The van der Waals surface area contributed by atoms with Crippen molar-refractivity contribution >= 4 is 17.7 Å². The summed E-state index contributed by atoms with van der Waals surface area (Å²) in [5.74, 6) is -1.62. The summed E-state index contributed by atoms with van der Waals surface area (Å²) < 4.78 is 0. The van der Waals surface area contributed by atoms with Crippen LogP contribution in [0.5, 0.6) is 0 Å². The van der Waals surface area contributed by atoms with Gasteiger partial charge in [0.1, 0.15) is 0 Å². The minimum absolute atomic E-state index is 0.474. The summed E-state index contributed by atoms with van der Waals surface area (Å²) in [6.45, 7) is 3.40. The predicted octanol–water partition coefficient (Wildman–Crippen LogP) is 5.59. The van der Waals surface area contributed by atoms with Crippen LogP contribution in [0.4, 0.5) is 0 Å². The van der Waals surface area contributed by atoms with Gasteiger partial charge in [-0.05, 0) is 43.2 Å². The van der Waals surface area contributed by atoms with E-state index in [4.69, 9.17) is 15.2 Å². The van der Waals surface area contributed by atoms with Crippen molar-refractivity contribution in [2.75, 3.05) is 6.54 Å². The standard InChI is InChI=1S/C23H34N2.C4H4O4/c1-2-10-22(17-19-11-5-3-6-12-19)25-23(18-21-15-9-16-24-21)20-13-7-4-8-14-20;5-3(6)1-2-4(7)8/h4,7-8,13-14,18-19,22,24H,2-3,5-6,9-12,15-17H2,1H3;1-2H,(H,5,6)(H,7,8)/b;2-1+. The molecule has 1 saturated carbocycles. The molecular weight excluding hydrogens is 416 g/mol. The fourth-order valence-electron chi connectivity index (χ4n) is 4.42. The number of carboxylic acid groups (broad SMARTS) is 2. The maximum atomic E-state index is 9.55. The molecule has 6 nitrogen and oxygen atoms in total. The van der Waals surface area contributed by atoms with E-state index >= 15 is 0 Å². The van der Waals surface area contributed by atoms with Crippen LogP contribution in [0.3, 0.4) is 0 Å².